The van der Waals surface area contributed by atoms with Crippen LogP contribution in [0.1, 0.15) is 78.6 Å². The van der Waals surface area contributed by atoms with Gasteiger partial charge in [-0.3, -0.25) is 4.79 Å². The lowest BCUT2D eigenvalue weighted by molar-refractivity contribution is -0.145. The first-order valence-corrected chi connectivity index (χ1v) is 7.52. The molecular formula is C15H31NO2. The standard InChI is InChI=1S/C15H31NO2/c1-4-7-10-15(16,11-8-5-2)13-14(17)18-12-9-6-3/h4-13,16H2,1-3H3. The zero-order valence-electron chi connectivity index (χ0n) is 12.5. The van der Waals surface area contributed by atoms with E-state index in [1.54, 1.807) is 0 Å². The van der Waals surface area contributed by atoms with Crippen LogP contribution in [0.25, 0.3) is 0 Å². The second kappa shape index (κ2) is 10.4. The first-order valence-electron chi connectivity index (χ1n) is 7.52. The number of ether oxygens (including phenoxy) is 1. The summed E-state index contributed by atoms with van der Waals surface area (Å²) in [5, 5.41) is 0. The van der Waals surface area contributed by atoms with Crippen LogP contribution in [0.15, 0.2) is 0 Å². The molecule has 0 aliphatic rings. The molecule has 0 saturated carbocycles. The summed E-state index contributed by atoms with van der Waals surface area (Å²) >= 11 is 0. The van der Waals surface area contributed by atoms with Gasteiger partial charge in [-0.2, -0.15) is 0 Å². The van der Waals surface area contributed by atoms with Crippen molar-refractivity contribution in [2.45, 2.75) is 84.1 Å². The lowest BCUT2D eigenvalue weighted by atomic mass is 9.85. The first-order chi connectivity index (χ1) is 8.58. The largest absolute Gasteiger partial charge is 0.466 e. The highest BCUT2D eigenvalue weighted by Gasteiger charge is 2.27. The molecule has 0 radical (unpaired) electrons. The first kappa shape index (κ1) is 17.4. The van der Waals surface area contributed by atoms with Gasteiger partial charge in [-0.05, 0) is 19.3 Å². The molecular weight excluding hydrogens is 226 g/mol. The molecule has 2 N–H and O–H groups in total. The van der Waals surface area contributed by atoms with Crippen LogP contribution >= 0.6 is 0 Å². The summed E-state index contributed by atoms with van der Waals surface area (Å²) in [5.41, 5.74) is 6.02. The van der Waals surface area contributed by atoms with E-state index in [2.05, 4.69) is 20.8 Å². The highest BCUT2D eigenvalue weighted by molar-refractivity contribution is 5.70. The molecule has 0 aromatic rings. The van der Waals surface area contributed by atoms with Crippen LogP contribution in [0, 0.1) is 0 Å². The van der Waals surface area contributed by atoms with Crippen LogP contribution in [-0.4, -0.2) is 18.1 Å². The molecule has 18 heavy (non-hydrogen) atoms. The van der Waals surface area contributed by atoms with Gasteiger partial charge in [0.25, 0.3) is 0 Å². The molecule has 3 heteroatoms. The van der Waals surface area contributed by atoms with Crippen molar-refractivity contribution in [3.63, 3.8) is 0 Å². The Balaban J connectivity index is 4.15. The van der Waals surface area contributed by atoms with Gasteiger partial charge in [0.15, 0.2) is 0 Å². The maximum absolute atomic E-state index is 11.8. The fourth-order valence-electron chi connectivity index (χ4n) is 2.03. The number of carbonyl (C=O) groups is 1. The molecule has 0 fully saturated rings. The Bertz CT molecular complexity index is 209. The number of hydrogen-bond acceptors (Lipinski definition) is 3. The Labute approximate surface area is 112 Å². The molecule has 0 amide bonds. The van der Waals surface area contributed by atoms with Crippen LogP contribution < -0.4 is 5.73 Å². The van der Waals surface area contributed by atoms with Gasteiger partial charge in [0.05, 0.1) is 13.0 Å². The molecule has 3 nitrogen and oxygen atoms in total. The average molecular weight is 257 g/mol. The number of hydrogen-bond donors (Lipinski definition) is 1. The van der Waals surface area contributed by atoms with Gasteiger partial charge in [0.2, 0.25) is 0 Å². The maximum Gasteiger partial charge on any atom is 0.307 e. The molecule has 0 saturated heterocycles. The predicted molar refractivity (Wildman–Crippen MR) is 76.5 cm³/mol. The summed E-state index contributed by atoms with van der Waals surface area (Å²) in [5.74, 6) is -0.127. The molecule has 0 heterocycles. The number of esters is 1. The van der Waals surface area contributed by atoms with Crippen molar-refractivity contribution in [3.05, 3.63) is 0 Å². The molecule has 108 valence electrons. The lowest BCUT2D eigenvalue weighted by Gasteiger charge is -2.28. The molecule has 0 bridgehead atoms. The van der Waals surface area contributed by atoms with Crippen LogP contribution in [0.5, 0.6) is 0 Å². The fourth-order valence-corrected chi connectivity index (χ4v) is 2.03. The van der Waals surface area contributed by atoms with Crippen LogP contribution in [-0.2, 0) is 9.53 Å². The van der Waals surface area contributed by atoms with Crippen LogP contribution in [0.2, 0.25) is 0 Å². The second-order valence-electron chi connectivity index (χ2n) is 5.32. The molecule has 0 aliphatic heterocycles. The third-order valence-electron chi connectivity index (χ3n) is 3.31. The summed E-state index contributed by atoms with van der Waals surface area (Å²) in [6.45, 7) is 6.93. The van der Waals surface area contributed by atoms with E-state index in [0.29, 0.717) is 13.0 Å². The van der Waals surface area contributed by atoms with E-state index in [4.69, 9.17) is 10.5 Å². The summed E-state index contributed by atoms with van der Waals surface area (Å²) in [6, 6.07) is 0. The van der Waals surface area contributed by atoms with E-state index in [9.17, 15) is 4.79 Å². The van der Waals surface area contributed by atoms with Gasteiger partial charge >= 0.3 is 5.97 Å². The molecule has 0 aliphatic carbocycles. The van der Waals surface area contributed by atoms with Gasteiger partial charge in [0.1, 0.15) is 0 Å². The number of nitrogens with two attached hydrogens (primary N) is 1. The molecule has 0 atom stereocenters. The van der Waals surface area contributed by atoms with Crippen molar-refractivity contribution in [2.24, 2.45) is 5.73 Å². The van der Waals surface area contributed by atoms with Crippen molar-refractivity contribution in [3.8, 4) is 0 Å². The Morgan fingerprint density at radius 1 is 1.00 bits per heavy atom. The SMILES string of the molecule is CCCCOC(=O)CC(N)(CCCC)CCCC. The van der Waals surface area contributed by atoms with Gasteiger partial charge in [-0.1, -0.05) is 52.9 Å². The van der Waals surface area contributed by atoms with Crippen molar-refractivity contribution < 1.29 is 9.53 Å². The minimum Gasteiger partial charge on any atom is -0.466 e. The zero-order chi connectivity index (χ0) is 13.9. The normalized spacial score (nSPS) is 11.6. The third-order valence-corrected chi connectivity index (χ3v) is 3.31. The number of rotatable bonds is 11. The van der Waals surface area contributed by atoms with E-state index in [1.165, 1.54) is 0 Å². The quantitative estimate of drug-likeness (QED) is 0.452. The minimum atomic E-state index is -0.352. The van der Waals surface area contributed by atoms with E-state index in [0.717, 1.165) is 51.4 Å². The van der Waals surface area contributed by atoms with Crippen molar-refractivity contribution >= 4 is 5.97 Å². The summed E-state index contributed by atoms with van der Waals surface area (Å²) in [7, 11) is 0. The van der Waals surface area contributed by atoms with Crippen molar-refractivity contribution in [1.82, 2.24) is 0 Å². The Hall–Kier alpha value is -0.570. The Morgan fingerprint density at radius 2 is 1.50 bits per heavy atom. The smallest absolute Gasteiger partial charge is 0.307 e. The van der Waals surface area contributed by atoms with Gasteiger partial charge in [0, 0.05) is 5.54 Å². The van der Waals surface area contributed by atoms with Crippen molar-refractivity contribution in [1.29, 1.82) is 0 Å². The summed E-state index contributed by atoms with van der Waals surface area (Å²) in [6.07, 6.45) is 8.62. The topological polar surface area (TPSA) is 52.3 Å². The van der Waals surface area contributed by atoms with Crippen molar-refractivity contribution in [2.75, 3.05) is 6.61 Å². The monoisotopic (exact) mass is 257 g/mol. The molecule has 0 aromatic carbocycles. The van der Waals surface area contributed by atoms with Crippen LogP contribution in [0.4, 0.5) is 0 Å². The van der Waals surface area contributed by atoms with E-state index < -0.39 is 0 Å². The number of carbonyl (C=O) groups excluding carboxylic acids is 1. The highest BCUT2D eigenvalue weighted by Crippen LogP contribution is 2.23. The predicted octanol–water partition coefficient (Wildman–Crippen LogP) is 3.80. The van der Waals surface area contributed by atoms with E-state index >= 15 is 0 Å². The molecule has 0 aromatic heterocycles. The Morgan fingerprint density at radius 3 is 1.94 bits per heavy atom. The summed E-state index contributed by atoms with van der Waals surface area (Å²) in [4.78, 5) is 11.8. The average Bonchev–Trinajstić information content (AvgIpc) is 2.34. The molecule has 0 unspecified atom stereocenters. The minimum absolute atomic E-state index is 0.127. The zero-order valence-corrected chi connectivity index (χ0v) is 12.5. The van der Waals surface area contributed by atoms with E-state index in [-0.39, 0.29) is 11.5 Å². The highest BCUT2D eigenvalue weighted by atomic mass is 16.5. The summed E-state index contributed by atoms with van der Waals surface area (Å²) < 4.78 is 5.22. The van der Waals surface area contributed by atoms with Gasteiger partial charge in [-0.15, -0.1) is 0 Å². The Kier molecular flexibility index (Phi) is 10.0. The number of unbranched alkanes of at least 4 members (excludes halogenated alkanes) is 3. The third kappa shape index (κ3) is 8.51. The van der Waals surface area contributed by atoms with E-state index in [1.807, 2.05) is 0 Å². The van der Waals surface area contributed by atoms with Crippen LogP contribution in [0.3, 0.4) is 0 Å². The molecule has 0 spiro atoms. The maximum atomic E-state index is 11.8. The van der Waals surface area contributed by atoms with Gasteiger partial charge in [-0.25, -0.2) is 0 Å². The molecule has 0 rings (SSSR count). The van der Waals surface area contributed by atoms with Gasteiger partial charge < -0.3 is 10.5 Å². The lowest BCUT2D eigenvalue weighted by Crippen LogP contribution is -2.42. The second-order valence-corrected chi connectivity index (χ2v) is 5.32. The fraction of sp³-hybridized carbons (Fsp3) is 0.933.